The smallest absolute Gasteiger partial charge is 0.0597 e. The average molecular weight is 75.1 g/mol. The van der Waals surface area contributed by atoms with Gasteiger partial charge in [0, 0.05) is 0 Å². The molecule has 1 atom stereocenters. The van der Waals surface area contributed by atoms with Crippen molar-refractivity contribution in [3.63, 3.8) is 0 Å². The normalized spacial score (nSPS) is 24.2. The van der Waals surface area contributed by atoms with E-state index in [0.29, 0.717) is 6.42 Å². The molecule has 0 amide bonds. The lowest BCUT2D eigenvalue weighted by molar-refractivity contribution is 0.191. The highest BCUT2D eigenvalue weighted by Gasteiger charge is 1.81. The summed E-state index contributed by atoms with van der Waals surface area (Å²) in [6, 6.07) is 0. The van der Waals surface area contributed by atoms with Crippen LogP contribution in [-0.2, 0) is 0 Å². The maximum Gasteiger partial charge on any atom is 0.0597 e. The van der Waals surface area contributed by atoms with Crippen molar-refractivity contribution in [2.75, 3.05) is 0 Å². The van der Waals surface area contributed by atoms with Gasteiger partial charge in [-0.1, -0.05) is 6.92 Å². The lowest BCUT2D eigenvalue weighted by Gasteiger charge is -1.90. The van der Waals surface area contributed by atoms with Crippen LogP contribution in [0.1, 0.15) is 21.6 Å². The Morgan fingerprint density at radius 1 is 2.20 bits per heavy atom. The zero-order chi connectivity index (χ0) is 5.21. The summed E-state index contributed by atoms with van der Waals surface area (Å²) in [5.74, 6) is 0. The monoisotopic (exact) mass is 75.1 g/mol. The summed E-state index contributed by atoms with van der Waals surface area (Å²) in [7, 11) is 0. The number of rotatable bonds is 1. The molecule has 1 N–H and O–H groups in total. The van der Waals surface area contributed by atoms with E-state index in [-0.39, 0.29) is 0 Å². The molecule has 0 aromatic carbocycles. The van der Waals surface area contributed by atoms with E-state index in [1.165, 1.54) is 6.92 Å². The zero-order valence-electron chi connectivity index (χ0n) is 4.65. The molecule has 0 aliphatic rings. The number of aliphatic hydroxyl groups is 1. The van der Waals surface area contributed by atoms with Gasteiger partial charge in [-0.15, -0.1) is 0 Å². The third kappa shape index (κ3) is 3.96. The van der Waals surface area contributed by atoms with Crippen molar-refractivity contribution >= 4 is 0 Å². The molecule has 0 aromatic heterocycles. The van der Waals surface area contributed by atoms with Crippen LogP contribution in [0.15, 0.2) is 0 Å². The summed E-state index contributed by atoms with van der Waals surface area (Å²) in [6.07, 6.45) is -0.715. The second-order valence-electron chi connectivity index (χ2n) is 1.09. The van der Waals surface area contributed by atoms with Crippen molar-refractivity contribution in [2.24, 2.45) is 0 Å². The molecular formula is C4H10O. The summed E-state index contributed by atoms with van der Waals surface area (Å²) in [5.41, 5.74) is 0. The molecular weight excluding hydrogens is 64.0 g/mol. The van der Waals surface area contributed by atoms with Crippen LogP contribution in [0.4, 0.5) is 0 Å². The van der Waals surface area contributed by atoms with Gasteiger partial charge in [0.15, 0.2) is 0 Å². The molecule has 0 saturated heterocycles. The average Bonchev–Trinajstić information content (AvgIpc) is 1.35. The number of hydrogen-bond acceptors (Lipinski definition) is 1. The highest BCUT2D eigenvalue weighted by atomic mass is 16.3. The minimum atomic E-state index is -1.21. The molecule has 1 nitrogen and oxygen atoms in total. The van der Waals surface area contributed by atoms with Gasteiger partial charge < -0.3 is 5.11 Å². The summed E-state index contributed by atoms with van der Waals surface area (Å²) >= 11 is 0. The minimum Gasteiger partial charge on any atom is -0.393 e. The number of hydrogen-bond donors (Lipinski definition) is 1. The molecule has 0 aromatic rings. The molecule has 0 heterocycles. The molecule has 0 unspecified atom stereocenters. The Kier molecular flexibility index (Phi) is 1.40. The fourth-order valence-electron chi connectivity index (χ4n) is 0. The van der Waals surface area contributed by atoms with E-state index in [1.54, 1.807) is 6.92 Å². The Morgan fingerprint density at radius 3 is 2.40 bits per heavy atom. The van der Waals surface area contributed by atoms with Crippen LogP contribution in [0, 0.1) is 0 Å². The molecule has 0 aliphatic carbocycles. The molecule has 0 saturated carbocycles. The van der Waals surface area contributed by atoms with Crippen LogP contribution in [0.5, 0.6) is 0 Å². The fraction of sp³-hybridized carbons (Fsp3) is 1.00. The van der Waals surface area contributed by atoms with Crippen LogP contribution >= 0.6 is 0 Å². The van der Waals surface area contributed by atoms with E-state index in [0.717, 1.165) is 0 Å². The second-order valence-corrected chi connectivity index (χ2v) is 1.09. The molecule has 0 spiro atoms. The molecule has 0 aliphatic heterocycles. The first-order chi connectivity index (χ1) is 2.56. The van der Waals surface area contributed by atoms with Crippen LogP contribution < -0.4 is 0 Å². The van der Waals surface area contributed by atoms with Crippen molar-refractivity contribution in [2.45, 2.75) is 26.3 Å². The van der Waals surface area contributed by atoms with Crippen LogP contribution in [-0.4, -0.2) is 11.2 Å². The first-order valence-corrected chi connectivity index (χ1v) is 1.78. The fourth-order valence-corrected chi connectivity index (χ4v) is 0. The first-order valence-electron chi connectivity index (χ1n) is 2.28. The highest BCUT2D eigenvalue weighted by Crippen LogP contribution is 1.81. The van der Waals surface area contributed by atoms with Crippen molar-refractivity contribution in [1.82, 2.24) is 0 Å². The molecule has 0 rings (SSSR count). The SMILES string of the molecule is [2H][C@](C)(O)CC. The lowest BCUT2D eigenvalue weighted by Crippen LogP contribution is -1.93. The predicted octanol–water partition coefficient (Wildman–Crippen LogP) is 0.777. The maximum absolute atomic E-state index is 8.49. The highest BCUT2D eigenvalue weighted by molar-refractivity contribution is 4.34. The standard InChI is InChI=1S/C4H10O/c1-3-4(2)5/h4-5H,3H2,1-2H3/t4-/m1/s1/i4D. The van der Waals surface area contributed by atoms with E-state index in [2.05, 4.69) is 0 Å². The zero-order valence-corrected chi connectivity index (χ0v) is 3.65. The van der Waals surface area contributed by atoms with E-state index in [9.17, 15) is 0 Å². The molecule has 0 bridgehead atoms. The summed E-state index contributed by atoms with van der Waals surface area (Å²) in [6.45, 7) is 3.24. The molecule has 32 valence electrons. The van der Waals surface area contributed by atoms with Gasteiger partial charge in [0.1, 0.15) is 0 Å². The Hall–Kier alpha value is -0.0400. The van der Waals surface area contributed by atoms with Crippen LogP contribution in [0.2, 0.25) is 0 Å². The van der Waals surface area contributed by atoms with Gasteiger partial charge in [-0.3, -0.25) is 0 Å². The largest absolute Gasteiger partial charge is 0.393 e. The maximum atomic E-state index is 8.49. The van der Waals surface area contributed by atoms with Gasteiger partial charge in [0.2, 0.25) is 0 Å². The summed E-state index contributed by atoms with van der Waals surface area (Å²) in [4.78, 5) is 0. The van der Waals surface area contributed by atoms with Gasteiger partial charge in [-0.05, 0) is 13.3 Å². The van der Waals surface area contributed by atoms with Gasteiger partial charge in [-0.2, -0.15) is 0 Å². The Balaban J connectivity index is 3.17. The Labute approximate surface area is 34.0 Å². The van der Waals surface area contributed by atoms with Gasteiger partial charge in [-0.25, -0.2) is 0 Å². The van der Waals surface area contributed by atoms with E-state index in [1.807, 2.05) is 0 Å². The summed E-state index contributed by atoms with van der Waals surface area (Å²) < 4.78 is 6.74. The minimum absolute atomic E-state index is 0.493. The first kappa shape index (κ1) is 3.16. The molecule has 0 radical (unpaired) electrons. The summed E-state index contributed by atoms with van der Waals surface area (Å²) in [5, 5.41) is 8.49. The van der Waals surface area contributed by atoms with Gasteiger partial charge in [0.05, 0.1) is 7.45 Å². The van der Waals surface area contributed by atoms with Crippen LogP contribution in [0.25, 0.3) is 0 Å². The molecule has 0 fully saturated rings. The van der Waals surface area contributed by atoms with Crippen molar-refractivity contribution in [3.05, 3.63) is 0 Å². The van der Waals surface area contributed by atoms with Crippen molar-refractivity contribution in [1.29, 1.82) is 0 Å². The van der Waals surface area contributed by atoms with Gasteiger partial charge in [0.25, 0.3) is 0 Å². The van der Waals surface area contributed by atoms with E-state index < -0.39 is 6.08 Å². The Morgan fingerprint density at radius 2 is 2.40 bits per heavy atom. The lowest BCUT2D eigenvalue weighted by atomic mass is 10.3. The van der Waals surface area contributed by atoms with Crippen molar-refractivity contribution < 1.29 is 6.48 Å². The van der Waals surface area contributed by atoms with E-state index in [4.69, 9.17) is 6.48 Å². The van der Waals surface area contributed by atoms with Crippen molar-refractivity contribution in [3.8, 4) is 0 Å². The van der Waals surface area contributed by atoms with E-state index >= 15 is 0 Å². The Bertz CT molecular complexity index is 37.3. The molecule has 5 heavy (non-hydrogen) atoms. The van der Waals surface area contributed by atoms with Gasteiger partial charge >= 0.3 is 0 Å². The third-order valence-corrected chi connectivity index (χ3v) is 0.512. The quantitative estimate of drug-likeness (QED) is 0.488. The molecule has 1 heteroatoms. The third-order valence-electron chi connectivity index (χ3n) is 0.512. The second kappa shape index (κ2) is 2.21. The topological polar surface area (TPSA) is 20.2 Å². The van der Waals surface area contributed by atoms with Crippen LogP contribution in [0.3, 0.4) is 0 Å². The predicted molar refractivity (Wildman–Crippen MR) is 22.0 cm³/mol.